The molecule has 0 unspecified atom stereocenters. The second-order valence-electron chi connectivity index (χ2n) is 5.99. The number of sulfonamides is 1. The van der Waals surface area contributed by atoms with E-state index in [1.54, 1.807) is 12.1 Å². The van der Waals surface area contributed by atoms with Crippen LogP contribution in [0.25, 0.3) is 0 Å². The highest BCUT2D eigenvalue weighted by Gasteiger charge is 2.29. The molecule has 2 rings (SSSR count). The minimum atomic E-state index is -4.43. The van der Waals surface area contributed by atoms with Crippen LogP contribution in [0.4, 0.5) is 13.2 Å². The van der Waals surface area contributed by atoms with E-state index in [2.05, 4.69) is 10.5 Å². The Labute approximate surface area is 160 Å². The summed E-state index contributed by atoms with van der Waals surface area (Å²) in [6.45, 7) is 1.35. The zero-order valence-corrected chi connectivity index (χ0v) is 15.9. The van der Waals surface area contributed by atoms with Crippen LogP contribution in [0.3, 0.4) is 0 Å². The van der Waals surface area contributed by atoms with E-state index < -0.39 is 34.2 Å². The van der Waals surface area contributed by atoms with E-state index >= 15 is 0 Å². The Kier molecular flexibility index (Phi) is 6.57. The molecule has 0 aliphatic carbocycles. The second-order valence-corrected chi connectivity index (χ2v) is 8.03. The Morgan fingerprint density at radius 2 is 1.68 bits per heavy atom. The summed E-state index contributed by atoms with van der Waals surface area (Å²) in [5.74, 6) is -0.693. The third kappa shape index (κ3) is 5.64. The fraction of sp³-hybridized carbons (Fsp3) is 0.222. The van der Waals surface area contributed by atoms with Gasteiger partial charge in [-0.2, -0.15) is 22.6 Å². The highest BCUT2D eigenvalue weighted by atomic mass is 32.2. The Morgan fingerprint density at radius 3 is 2.21 bits per heavy atom. The number of nitrogens with one attached hydrogen (secondary N) is 1. The monoisotopic (exact) mass is 413 g/mol. The maximum atomic E-state index is 12.5. The molecular weight excluding hydrogens is 395 g/mol. The summed E-state index contributed by atoms with van der Waals surface area (Å²) >= 11 is 0. The van der Waals surface area contributed by atoms with Crippen LogP contribution in [0.15, 0.2) is 58.5 Å². The van der Waals surface area contributed by atoms with Crippen molar-refractivity contribution >= 4 is 22.1 Å². The Bertz CT molecular complexity index is 954. The van der Waals surface area contributed by atoms with Crippen molar-refractivity contribution in [1.29, 1.82) is 0 Å². The number of rotatable bonds is 6. The quantitative estimate of drug-likeness (QED) is 0.584. The van der Waals surface area contributed by atoms with Crippen LogP contribution in [-0.4, -0.2) is 38.4 Å². The average Bonchev–Trinajstić information content (AvgIpc) is 2.61. The molecule has 0 radical (unpaired) electrons. The summed E-state index contributed by atoms with van der Waals surface area (Å²) in [6.07, 6.45) is -3.27. The van der Waals surface area contributed by atoms with E-state index in [-0.39, 0.29) is 4.90 Å². The van der Waals surface area contributed by atoms with Crippen molar-refractivity contribution in [3.63, 3.8) is 0 Å². The number of halogens is 3. The van der Waals surface area contributed by atoms with Gasteiger partial charge in [0.2, 0.25) is 10.0 Å². The van der Waals surface area contributed by atoms with Crippen molar-refractivity contribution in [3.05, 3.63) is 65.2 Å². The van der Waals surface area contributed by atoms with Crippen molar-refractivity contribution in [2.45, 2.75) is 18.0 Å². The van der Waals surface area contributed by atoms with Gasteiger partial charge in [-0.25, -0.2) is 13.8 Å². The summed E-state index contributed by atoms with van der Waals surface area (Å²) < 4.78 is 63.2. The molecule has 2 aromatic rings. The number of carbonyl (C=O) groups is 1. The van der Waals surface area contributed by atoms with Crippen molar-refractivity contribution in [1.82, 2.24) is 9.73 Å². The van der Waals surface area contributed by atoms with E-state index in [1.807, 2.05) is 6.92 Å². The SMILES string of the molecule is Cc1ccc(S(=O)(=O)N(C)CC(=O)N/N=C/c2ccc(C(F)(F)F)cc2)cc1. The van der Waals surface area contributed by atoms with Gasteiger partial charge in [-0.3, -0.25) is 4.79 Å². The van der Waals surface area contributed by atoms with Crippen LogP contribution in [0.5, 0.6) is 0 Å². The standard InChI is InChI=1S/C18H18F3N3O3S/c1-13-3-9-16(10-4-13)28(26,27)24(2)12-17(25)23-22-11-14-5-7-15(8-6-14)18(19,20)21/h3-11H,12H2,1-2H3,(H,23,25)/b22-11+. The summed E-state index contributed by atoms with van der Waals surface area (Å²) in [7, 11) is -2.57. The zero-order valence-electron chi connectivity index (χ0n) is 15.1. The number of hydrogen-bond donors (Lipinski definition) is 1. The molecule has 0 bridgehead atoms. The van der Waals surface area contributed by atoms with Crippen molar-refractivity contribution in [2.75, 3.05) is 13.6 Å². The normalized spacial score (nSPS) is 12.5. The number of likely N-dealkylation sites (N-methyl/N-ethyl adjacent to an activating group) is 1. The molecule has 0 aliphatic heterocycles. The predicted octanol–water partition coefficient (Wildman–Crippen LogP) is 2.78. The maximum absolute atomic E-state index is 12.5. The minimum absolute atomic E-state index is 0.0571. The molecule has 10 heteroatoms. The van der Waals surface area contributed by atoms with Crippen LogP contribution < -0.4 is 5.43 Å². The molecular formula is C18H18F3N3O3S. The van der Waals surface area contributed by atoms with Gasteiger partial charge in [-0.05, 0) is 36.8 Å². The van der Waals surface area contributed by atoms with Crippen molar-refractivity contribution in [3.8, 4) is 0 Å². The van der Waals surface area contributed by atoms with Crippen LogP contribution in [0, 0.1) is 6.92 Å². The molecule has 0 fully saturated rings. The lowest BCUT2D eigenvalue weighted by Crippen LogP contribution is -2.36. The first-order valence-corrected chi connectivity index (χ1v) is 9.46. The number of carbonyl (C=O) groups excluding carboxylic acids is 1. The maximum Gasteiger partial charge on any atom is 0.416 e. The van der Waals surface area contributed by atoms with Gasteiger partial charge in [0.25, 0.3) is 5.91 Å². The van der Waals surface area contributed by atoms with Gasteiger partial charge < -0.3 is 0 Å². The molecule has 0 saturated heterocycles. The molecule has 0 aliphatic rings. The Balaban J connectivity index is 1.94. The number of benzene rings is 2. The molecule has 150 valence electrons. The molecule has 0 aromatic heterocycles. The summed E-state index contributed by atoms with van der Waals surface area (Å²) in [5.41, 5.74) is 2.59. The molecule has 2 aromatic carbocycles. The van der Waals surface area contributed by atoms with E-state index in [0.717, 1.165) is 28.2 Å². The first-order valence-electron chi connectivity index (χ1n) is 8.02. The lowest BCUT2D eigenvalue weighted by atomic mass is 10.1. The van der Waals surface area contributed by atoms with Gasteiger partial charge in [0, 0.05) is 7.05 Å². The van der Waals surface area contributed by atoms with Crippen LogP contribution in [-0.2, 0) is 21.0 Å². The first-order chi connectivity index (χ1) is 13.0. The molecule has 0 heterocycles. The third-order valence-corrected chi connectivity index (χ3v) is 5.55. The number of nitrogens with zero attached hydrogens (tertiary/aromatic N) is 2. The highest BCUT2D eigenvalue weighted by molar-refractivity contribution is 7.89. The third-order valence-electron chi connectivity index (χ3n) is 3.74. The van der Waals surface area contributed by atoms with Gasteiger partial charge >= 0.3 is 6.18 Å². The van der Waals surface area contributed by atoms with Gasteiger partial charge in [-0.1, -0.05) is 29.8 Å². The largest absolute Gasteiger partial charge is 0.416 e. The fourth-order valence-electron chi connectivity index (χ4n) is 2.15. The lowest BCUT2D eigenvalue weighted by molar-refractivity contribution is -0.137. The molecule has 0 spiro atoms. The Hall–Kier alpha value is -2.72. The lowest BCUT2D eigenvalue weighted by Gasteiger charge is -2.16. The smallest absolute Gasteiger partial charge is 0.272 e. The van der Waals surface area contributed by atoms with Crippen LogP contribution in [0.2, 0.25) is 0 Å². The fourth-order valence-corrected chi connectivity index (χ4v) is 3.28. The molecule has 1 amide bonds. The van der Waals surface area contributed by atoms with E-state index in [4.69, 9.17) is 0 Å². The van der Waals surface area contributed by atoms with Gasteiger partial charge in [0.1, 0.15) is 0 Å². The summed E-state index contributed by atoms with van der Waals surface area (Å²) in [4.78, 5) is 11.9. The zero-order chi connectivity index (χ0) is 20.9. The van der Waals surface area contributed by atoms with E-state index in [1.165, 1.54) is 31.3 Å². The first kappa shape index (κ1) is 21.6. The van der Waals surface area contributed by atoms with Gasteiger partial charge in [0.15, 0.2) is 0 Å². The molecule has 0 saturated carbocycles. The highest BCUT2D eigenvalue weighted by Crippen LogP contribution is 2.28. The van der Waals surface area contributed by atoms with Crippen molar-refractivity contribution in [2.24, 2.45) is 5.10 Å². The average molecular weight is 413 g/mol. The number of aryl methyl sites for hydroxylation is 1. The van der Waals surface area contributed by atoms with Crippen molar-refractivity contribution < 1.29 is 26.4 Å². The Morgan fingerprint density at radius 1 is 1.11 bits per heavy atom. The van der Waals surface area contributed by atoms with Crippen LogP contribution in [0.1, 0.15) is 16.7 Å². The second kappa shape index (κ2) is 8.53. The topological polar surface area (TPSA) is 78.8 Å². The van der Waals surface area contributed by atoms with Crippen LogP contribution >= 0.6 is 0 Å². The number of amides is 1. The molecule has 1 N–H and O–H groups in total. The minimum Gasteiger partial charge on any atom is -0.272 e. The molecule has 6 nitrogen and oxygen atoms in total. The summed E-state index contributed by atoms with van der Waals surface area (Å²) in [5, 5.41) is 3.63. The van der Waals surface area contributed by atoms with E-state index in [9.17, 15) is 26.4 Å². The van der Waals surface area contributed by atoms with E-state index in [0.29, 0.717) is 5.56 Å². The summed E-state index contributed by atoms with van der Waals surface area (Å²) in [6, 6.07) is 10.4. The van der Waals surface area contributed by atoms with Gasteiger partial charge in [-0.15, -0.1) is 0 Å². The predicted molar refractivity (Wildman–Crippen MR) is 98.2 cm³/mol. The molecule has 0 atom stereocenters. The van der Waals surface area contributed by atoms with Gasteiger partial charge in [0.05, 0.1) is 23.2 Å². The number of hydrogen-bond acceptors (Lipinski definition) is 4. The molecule has 28 heavy (non-hydrogen) atoms. The number of alkyl halides is 3. The number of hydrazone groups is 1.